The summed E-state index contributed by atoms with van der Waals surface area (Å²) in [5.41, 5.74) is 23.5. The Morgan fingerprint density at radius 2 is 0.634 bits per heavy atom. The van der Waals surface area contributed by atoms with Gasteiger partial charge in [-0.15, -0.1) is 0 Å². The van der Waals surface area contributed by atoms with Crippen LogP contribution in [0.25, 0.3) is 111 Å². The normalized spacial score (nSPS) is 11.4. The fraction of sp³-hybridized carbons (Fsp3) is 0.0746. The molecule has 0 aliphatic carbocycles. The first-order valence-corrected chi connectivity index (χ1v) is 24.2. The maximum atomic E-state index is 11.8. The van der Waals surface area contributed by atoms with E-state index in [9.17, 15) is 10.5 Å². The van der Waals surface area contributed by atoms with E-state index in [-0.39, 0.29) is 0 Å². The van der Waals surface area contributed by atoms with Crippen LogP contribution in [0.5, 0.6) is 0 Å². The van der Waals surface area contributed by atoms with E-state index < -0.39 is 0 Å². The molecule has 0 saturated carbocycles. The fourth-order valence-corrected chi connectivity index (χ4v) is 11.1. The maximum absolute atomic E-state index is 11.8. The van der Waals surface area contributed by atoms with Gasteiger partial charge in [0, 0.05) is 21.5 Å². The Morgan fingerprint density at radius 3 is 0.944 bits per heavy atom. The highest BCUT2D eigenvalue weighted by molar-refractivity contribution is 6.14. The van der Waals surface area contributed by atoms with E-state index in [4.69, 9.17) is 0 Å². The van der Waals surface area contributed by atoms with Gasteiger partial charge in [-0.2, -0.15) is 10.5 Å². The predicted molar refractivity (Wildman–Crippen MR) is 295 cm³/mol. The monoisotopic (exact) mass is 908 g/mol. The molecule has 0 aliphatic rings. The Balaban J connectivity index is 1.20. The molecular weight excluding hydrogens is 861 g/mol. The van der Waals surface area contributed by atoms with Gasteiger partial charge < -0.3 is 9.13 Å². The first-order chi connectivity index (χ1) is 34.7. The average molecular weight is 909 g/mol. The van der Waals surface area contributed by atoms with Gasteiger partial charge in [0.05, 0.1) is 45.1 Å². The molecule has 12 aromatic rings. The molecule has 0 fully saturated rings. The molecule has 0 saturated heterocycles. The molecule has 0 aliphatic heterocycles. The standard InChI is InChI=1S/C67H48N4/c1-41-30-46(39-68)32-51(31-41)52-37-66(70-62-26-22-47(53-18-10-6-14-42(53)2)33-57(62)58-34-48(23-27-63(58)70)54-19-11-7-15-43(54)3)61(40-69)67(38-52)71-64-28-24-49(55-20-12-8-16-44(55)4)35-59(64)60-36-50(25-29-65(60)71)56-21-13-9-17-45(56)5/h6-38H,1-5H3. The third-order valence-corrected chi connectivity index (χ3v) is 14.6. The number of nitriles is 2. The van der Waals surface area contributed by atoms with Crippen molar-refractivity contribution < 1.29 is 0 Å². The van der Waals surface area contributed by atoms with Crippen LogP contribution in [-0.2, 0) is 0 Å². The highest BCUT2D eigenvalue weighted by Crippen LogP contribution is 2.44. The summed E-state index contributed by atoms with van der Waals surface area (Å²) < 4.78 is 4.59. The van der Waals surface area contributed by atoms with Gasteiger partial charge in [-0.05, 0) is 191 Å². The number of fused-ring (bicyclic) bond motifs is 6. The van der Waals surface area contributed by atoms with E-state index in [2.05, 4.69) is 237 Å². The van der Waals surface area contributed by atoms with E-state index in [0.717, 1.165) is 93.9 Å². The zero-order valence-electron chi connectivity index (χ0n) is 40.3. The summed E-state index contributed by atoms with van der Waals surface area (Å²) in [5, 5.41) is 26.5. The second kappa shape index (κ2) is 17.1. The van der Waals surface area contributed by atoms with Crippen molar-refractivity contribution in [3.63, 3.8) is 0 Å². The van der Waals surface area contributed by atoms with Crippen LogP contribution in [-0.4, -0.2) is 9.13 Å². The van der Waals surface area contributed by atoms with Crippen molar-refractivity contribution in [2.75, 3.05) is 0 Å². The smallest absolute Gasteiger partial charge is 0.104 e. The van der Waals surface area contributed by atoms with Gasteiger partial charge in [-0.1, -0.05) is 127 Å². The van der Waals surface area contributed by atoms with Gasteiger partial charge in [0.1, 0.15) is 11.6 Å². The lowest BCUT2D eigenvalue weighted by molar-refractivity contribution is 1.12. The number of hydrogen-bond acceptors (Lipinski definition) is 2. The van der Waals surface area contributed by atoms with Gasteiger partial charge >= 0.3 is 0 Å². The van der Waals surface area contributed by atoms with Gasteiger partial charge in [0.15, 0.2) is 0 Å². The second-order valence-corrected chi connectivity index (χ2v) is 19.1. The molecular formula is C67H48N4. The highest BCUT2D eigenvalue weighted by Gasteiger charge is 2.24. The number of aryl methyl sites for hydroxylation is 5. The summed E-state index contributed by atoms with van der Waals surface area (Å²) in [6.45, 7) is 10.7. The first kappa shape index (κ1) is 43.1. The Bertz CT molecular complexity index is 3820. The van der Waals surface area contributed by atoms with Crippen LogP contribution < -0.4 is 0 Å². The Morgan fingerprint density at radius 1 is 0.310 bits per heavy atom. The largest absolute Gasteiger partial charge is 0.308 e. The quantitative estimate of drug-likeness (QED) is 0.160. The van der Waals surface area contributed by atoms with Crippen LogP contribution in [0.2, 0.25) is 0 Å². The Kier molecular flexibility index (Phi) is 10.4. The zero-order chi connectivity index (χ0) is 48.5. The van der Waals surface area contributed by atoms with E-state index in [1.807, 2.05) is 19.1 Å². The molecule has 0 unspecified atom stereocenters. The number of rotatable bonds is 7. The van der Waals surface area contributed by atoms with Crippen LogP contribution in [0.4, 0.5) is 0 Å². The van der Waals surface area contributed by atoms with E-state index in [1.54, 1.807) is 0 Å². The maximum Gasteiger partial charge on any atom is 0.104 e. The van der Waals surface area contributed by atoms with Crippen molar-refractivity contribution in [3.8, 4) is 79.1 Å². The van der Waals surface area contributed by atoms with Crippen LogP contribution in [0.1, 0.15) is 38.9 Å². The van der Waals surface area contributed by atoms with Crippen LogP contribution in [0, 0.1) is 57.3 Å². The summed E-state index contributed by atoms with van der Waals surface area (Å²) in [6.07, 6.45) is 0. The SMILES string of the molecule is Cc1cc(C#N)cc(-c2cc(-n3c4ccc(-c5ccccc5C)cc4c4cc(-c5ccccc5C)ccc43)c(C#N)c(-n3c4ccc(-c5ccccc5C)cc4c4cc(-c5ccccc5C)ccc43)c2)c1. The lowest BCUT2D eigenvalue weighted by atomic mass is 9.97. The van der Waals surface area contributed by atoms with Crippen molar-refractivity contribution in [1.29, 1.82) is 10.5 Å². The first-order valence-electron chi connectivity index (χ1n) is 24.2. The van der Waals surface area contributed by atoms with Gasteiger partial charge in [0.2, 0.25) is 0 Å². The van der Waals surface area contributed by atoms with Crippen LogP contribution in [0.15, 0.2) is 200 Å². The minimum Gasteiger partial charge on any atom is -0.308 e. The molecule has 4 heteroatoms. The van der Waals surface area contributed by atoms with Gasteiger partial charge in [-0.3, -0.25) is 0 Å². The molecule has 71 heavy (non-hydrogen) atoms. The summed E-state index contributed by atoms with van der Waals surface area (Å²) in [7, 11) is 0. The molecule has 2 heterocycles. The van der Waals surface area contributed by atoms with E-state index >= 15 is 0 Å². The number of benzene rings is 10. The minimum atomic E-state index is 0.538. The molecule has 0 spiro atoms. The highest BCUT2D eigenvalue weighted by atomic mass is 15.0. The molecule has 0 amide bonds. The summed E-state index contributed by atoms with van der Waals surface area (Å²) in [6, 6.07) is 76.7. The summed E-state index contributed by atoms with van der Waals surface area (Å²) in [4.78, 5) is 0. The van der Waals surface area contributed by atoms with Crippen LogP contribution in [0.3, 0.4) is 0 Å². The van der Waals surface area contributed by atoms with E-state index in [0.29, 0.717) is 11.1 Å². The Hall–Kier alpha value is -9.22. The van der Waals surface area contributed by atoms with Crippen molar-refractivity contribution in [2.24, 2.45) is 0 Å². The molecule has 0 atom stereocenters. The third-order valence-electron chi connectivity index (χ3n) is 14.6. The molecule has 10 aromatic carbocycles. The minimum absolute atomic E-state index is 0.538. The topological polar surface area (TPSA) is 57.4 Å². The second-order valence-electron chi connectivity index (χ2n) is 19.1. The summed E-state index contributed by atoms with van der Waals surface area (Å²) in [5.74, 6) is 0. The van der Waals surface area contributed by atoms with Crippen molar-refractivity contribution >= 4 is 43.6 Å². The molecule has 0 N–H and O–H groups in total. The molecule has 336 valence electrons. The van der Waals surface area contributed by atoms with Gasteiger partial charge in [0.25, 0.3) is 0 Å². The summed E-state index contributed by atoms with van der Waals surface area (Å²) >= 11 is 0. The molecule has 0 radical (unpaired) electrons. The third kappa shape index (κ3) is 7.20. The van der Waals surface area contributed by atoms with Crippen molar-refractivity contribution in [2.45, 2.75) is 34.6 Å². The predicted octanol–water partition coefficient (Wildman–Crippen LogP) is 17.5. The van der Waals surface area contributed by atoms with Gasteiger partial charge in [-0.25, -0.2) is 0 Å². The van der Waals surface area contributed by atoms with Crippen LogP contribution >= 0.6 is 0 Å². The van der Waals surface area contributed by atoms with Crippen molar-refractivity contribution in [3.05, 3.63) is 239 Å². The molecule has 12 rings (SSSR count). The lowest BCUT2D eigenvalue weighted by Gasteiger charge is -2.19. The zero-order valence-corrected chi connectivity index (χ0v) is 40.3. The van der Waals surface area contributed by atoms with E-state index in [1.165, 1.54) is 44.5 Å². The Labute approximate surface area is 414 Å². The van der Waals surface area contributed by atoms with Crippen molar-refractivity contribution in [1.82, 2.24) is 9.13 Å². The average Bonchev–Trinajstić information content (AvgIpc) is 3.89. The fourth-order valence-electron chi connectivity index (χ4n) is 11.1. The number of hydrogen-bond donors (Lipinski definition) is 0. The molecule has 2 aromatic heterocycles. The molecule has 0 bridgehead atoms. The number of aromatic nitrogens is 2. The lowest BCUT2D eigenvalue weighted by Crippen LogP contribution is -2.05. The number of nitrogens with zero attached hydrogens (tertiary/aromatic N) is 4. The molecule has 4 nitrogen and oxygen atoms in total.